The lowest BCUT2D eigenvalue weighted by Gasteiger charge is -2.39. The van der Waals surface area contributed by atoms with Crippen molar-refractivity contribution in [3.05, 3.63) is 52.6 Å². The Kier molecular flexibility index (Phi) is 4.27. The molecule has 0 bridgehead atoms. The molecule has 3 aliphatic rings. The van der Waals surface area contributed by atoms with Crippen molar-refractivity contribution in [2.45, 2.75) is 31.2 Å². The van der Waals surface area contributed by atoms with Crippen molar-refractivity contribution in [3.8, 4) is 23.0 Å². The number of rotatable bonds is 3. The van der Waals surface area contributed by atoms with Crippen LogP contribution in [-0.4, -0.2) is 48.0 Å². The summed E-state index contributed by atoms with van der Waals surface area (Å²) in [6, 6.07) is 6.91. The number of ketones is 1. The van der Waals surface area contributed by atoms with Gasteiger partial charge in [-0.25, -0.2) is 0 Å². The summed E-state index contributed by atoms with van der Waals surface area (Å²) in [6.45, 7) is 1.65. The maximum atomic E-state index is 13.5. The van der Waals surface area contributed by atoms with Crippen LogP contribution in [0.15, 0.2) is 30.3 Å². The van der Waals surface area contributed by atoms with Gasteiger partial charge in [-0.15, -0.1) is 0 Å². The number of hydrogen-bond acceptors (Lipinski definition) is 7. The highest BCUT2D eigenvalue weighted by Gasteiger charge is 2.45. The Hall–Kier alpha value is -3.03. The first-order chi connectivity index (χ1) is 14.5. The van der Waals surface area contributed by atoms with E-state index < -0.39 is 17.6 Å². The Morgan fingerprint density at radius 2 is 2.07 bits per heavy atom. The van der Waals surface area contributed by atoms with Gasteiger partial charge >= 0.3 is 0 Å². The van der Waals surface area contributed by atoms with Crippen molar-refractivity contribution in [1.29, 1.82) is 0 Å². The first kappa shape index (κ1) is 19.0. The van der Waals surface area contributed by atoms with Crippen LogP contribution in [-0.2, 0) is 6.61 Å². The zero-order chi connectivity index (χ0) is 21.0. The average molecular weight is 410 g/mol. The second-order valence-corrected chi connectivity index (χ2v) is 7.93. The quantitative estimate of drug-likeness (QED) is 0.803. The number of aliphatic hydroxyl groups is 2. The third-order valence-corrected chi connectivity index (χ3v) is 5.93. The van der Waals surface area contributed by atoms with Crippen LogP contribution in [0.1, 0.15) is 39.9 Å². The summed E-state index contributed by atoms with van der Waals surface area (Å²) in [5.41, 5.74) is 1.64. The van der Waals surface area contributed by atoms with E-state index in [0.29, 0.717) is 45.3 Å². The molecule has 156 valence electrons. The van der Waals surface area contributed by atoms with Crippen LogP contribution in [0.4, 0.5) is 0 Å². The lowest BCUT2D eigenvalue weighted by Crippen LogP contribution is -2.43. The summed E-state index contributed by atoms with van der Waals surface area (Å²) in [5, 5.41) is 19.2. The molecule has 7 heteroatoms. The molecule has 2 aromatic carbocycles. The molecule has 0 saturated carbocycles. The van der Waals surface area contributed by atoms with Crippen molar-refractivity contribution >= 4 is 11.9 Å². The Labute approximate surface area is 173 Å². The summed E-state index contributed by atoms with van der Waals surface area (Å²) >= 11 is 0. The van der Waals surface area contributed by atoms with Gasteiger partial charge in [0.25, 0.3) is 0 Å². The van der Waals surface area contributed by atoms with Crippen molar-refractivity contribution < 1.29 is 34.0 Å². The second-order valence-electron chi connectivity index (χ2n) is 7.93. The Balaban J connectivity index is 1.59. The summed E-state index contributed by atoms with van der Waals surface area (Å²) in [7, 11) is 1.52. The molecule has 5 rings (SSSR count). The number of ether oxygens (including phenoxy) is 4. The lowest BCUT2D eigenvalue weighted by atomic mass is 9.80. The zero-order valence-electron chi connectivity index (χ0n) is 16.7. The van der Waals surface area contributed by atoms with Crippen molar-refractivity contribution in [1.82, 2.24) is 0 Å². The number of carbonyl (C=O) groups is 1. The first-order valence-electron chi connectivity index (χ1n) is 9.79. The van der Waals surface area contributed by atoms with Crippen LogP contribution in [0.25, 0.3) is 6.08 Å². The van der Waals surface area contributed by atoms with Crippen LogP contribution in [0.2, 0.25) is 0 Å². The van der Waals surface area contributed by atoms with Crippen LogP contribution in [0.3, 0.4) is 0 Å². The van der Waals surface area contributed by atoms with Crippen LogP contribution < -0.4 is 18.9 Å². The van der Waals surface area contributed by atoms with E-state index in [2.05, 4.69) is 0 Å². The van der Waals surface area contributed by atoms with E-state index in [9.17, 15) is 15.0 Å². The van der Waals surface area contributed by atoms with Gasteiger partial charge in [0.15, 0.2) is 5.78 Å². The third-order valence-electron chi connectivity index (χ3n) is 5.93. The molecule has 2 N–H and O–H groups in total. The predicted molar refractivity (Wildman–Crippen MR) is 107 cm³/mol. The molecule has 30 heavy (non-hydrogen) atoms. The SMILES string of the molecule is COc1cc2c(cc1CO)OC[C@H]1Oc3c(ccc4c3C=CC(C)(CO)O4)C(=O)[C@@H]21. The zero-order valence-corrected chi connectivity index (χ0v) is 16.7. The Bertz CT molecular complexity index is 1070. The fraction of sp³-hybridized carbons (Fsp3) is 0.348. The summed E-state index contributed by atoms with van der Waals surface area (Å²) < 4.78 is 23.4. The molecule has 0 fully saturated rings. The van der Waals surface area contributed by atoms with E-state index in [-0.39, 0.29) is 25.6 Å². The summed E-state index contributed by atoms with van der Waals surface area (Å²) in [4.78, 5) is 13.5. The van der Waals surface area contributed by atoms with Crippen molar-refractivity contribution in [2.75, 3.05) is 20.3 Å². The van der Waals surface area contributed by atoms with E-state index in [1.807, 2.05) is 6.08 Å². The minimum atomic E-state index is -0.809. The van der Waals surface area contributed by atoms with Crippen LogP contribution in [0, 0.1) is 0 Å². The molecule has 3 heterocycles. The molecule has 0 amide bonds. The van der Waals surface area contributed by atoms with Gasteiger partial charge in [-0.3, -0.25) is 4.79 Å². The van der Waals surface area contributed by atoms with Gasteiger partial charge in [0.1, 0.15) is 41.3 Å². The first-order valence-corrected chi connectivity index (χ1v) is 9.79. The van der Waals surface area contributed by atoms with Gasteiger partial charge in [0.05, 0.1) is 37.4 Å². The van der Waals surface area contributed by atoms with Crippen LogP contribution >= 0.6 is 0 Å². The molecule has 0 spiro atoms. The lowest BCUT2D eigenvalue weighted by molar-refractivity contribution is 0.0524. The molecule has 3 aliphatic heterocycles. The molecular weight excluding hydrogens is 388 g/mol. The van der Waals surface area contributed by atoms with Gasteiger partial charge in [-0.05, 0) is 43.3 Å². The maximum absolute atomic E-state index is 13.5. The molecule has 2 aromatic rings. The topological polar surface area (TPSA) is 94.5 Å². The van der Waals surface area contributed by atoms with E-state index in [1.165, 1.54) is 7.11 Å². The van der Waals surface area contributed by atoms with Gasteiger partial charge in [-0.2, -0.15) is 0 Å². The largest absolute Gasteiger partial charge is 0.496 e. The van der Waals surface area contributed by atoms with Gasteiger partial charge in [0.2, 0.25) is 0 Å². The van der Waals surface area contributed by atoms with Gasteiger partial charge < -0.3 is 29.2 Å². The number of aliphatic hydroxyl groups excluding tert-OH is 2. The van der Waals surface area contributed by atoms with E-state index in [1.54, 1.807) is 37.3 Å². The number of methoxy groups -OCH3 is 1. The monoisotopic (exact) mass is 410 g/mol. The third kappa shape index (κ3) is 2.69. The summed E-state index contributed by atoms with van der Waals surface area (Å²) in [5.74, 6) is 1.51. The minimum Gasteiger partial charge on any atom is -0.496 e. The molecular formula is C23H22O7. The highest BCUT2D eigenvalue weighted by atomic mass is 16.5. The fourth-order valence-electron chi connectivity index (χ4n) is 4.28. The standard InChI is InChI=1S/C23H22O7/c1-23(11-25)6-5-13-16(30-23)4-3-14-21(26)20-15-8-17(27-2)12(9-24)7-18(15)28-10-19(20)29-22(13)14/h3-8,19-20,24-25H,9-11H2,1-2H3/t19-,20+,23?/m1/s1. The number of hydrogen-bond donors (Lipinski definition) is 2. The van der Waals surface area contributed by atoms with Crippen LogP contribution in [0.5, 0.6) is 23.0 Å². The van der Waals surface area contributed by atoms with E-state index in [0.717, 1.165) is 0 Å². The number of carbonyl (C=O) groups excluding carboxylic acids is 1. The Morgan fingerprint density at radius 3 is 2.80 bits per heavy atom. The van der Waals surface area contributed by atoms with E-state index in [4.69, 9.17) is 18.9 Å². The molecule has 0 aromatic heterocycles. The van der Waals surface area contributed by atoms with Gasteiger partial charge in [0, 0.05) is 11.1 Å². The summed E-state index contributed by atoms with van der Waals surface area (Å²) in [6.07, 6.45) is 3.10. The molecule has 0 saturated heterocycles. The molecule has 0 aliphatic carbocycles. The highest BCUT2D eigenvalue weighted by Crippen LogP contribution is 2.48. The normalized spacial score (nSPS) is 25.7. The smallest absolute Gasteiger partial charge is 0.178 e. The number of fused-ring (bicyclic) bond motifs is 6. The molecule has 3 atom stereocenters. The predicted octanol–water partition coefficient (Wildman–Crippen LogP) is 2.46. The fourth-order valence-corrected chi connectivity index (χ4v) is 4.28. The second kappa shape index (κ2) is 6.75. The average Bonchev–Trinajstić information content (AvgIpc) is 2.77. The van der Waals surface area contributed by atoms with Gasteiger partial charge in [-0.1, -0.05) is 0 Å². The minimum absolute atomic E-state index is 0.0590. The molecule has 7 nitrogen and oxygen atoms in total. The highest BCUT2D eigenvalue weighted by molar-refractivity contribution is 6.06. The molecule has 1 unspecified atom stereocenters. The maximum Gasteiger partial charge on any atom is 0.178 e. The van der Waals surface area contributed by atoms with Crippen molar-refractivity contribution in [3.63, 3.8) is 0 Å². The number of Topliss-reactive ketones (excluding diaryl/α,β-unsaturated/α-hetero) is 1. The van der Waals surface area contributed by atoms with E-state index >= 15 is 0 Å². The molecule has 0 radical (unpaired) electrons. The Morgan fingerprint density at radius 1 is 1.23 bits per heavy atom. The van der Waals surface area contributed by atoms with Crippen molar-refractivity contribution in [2.24, 2.45) is 0 Å². The number of benzene rings is 2.